The Kier molecular flexibility index (Phi) is 9.20. The molecule has 1 amide bonds. The van der Waals surface area contributed by atoms with E-state index in [2.05, 4.69) is 20.1 Å². The second-order valence-corrected chi connectivity index (χ2v) is 10.8. The minimum atomic E-state index is -4.18. The number of carboxylic acids is 1. The van der Waals surface area contributed by atoms with Crippen LogP contribution in [0.1, 0.15) is 38.6 Å². The molecule has 38 heavy (non-hydrogen) atoms. The maximum Gasteiger partial charge on any atom is 0.326 e. The Hall–Kier alpha value is -4.24. The molecule has 3 aromatic rings. The number of guanidine groups is 1. The number of Topliss-reactive ketones (excluding diaryl/α,β-unsaturated/α-hetero) is 1. The number of aryl methyl sites for hydroxylation is 1. The number of nitrogens with two attached hydrogens (primary N) is 2. The standard InChI is InChI=1S/C23H27N7O6S2/c1-30-10-7-15(28-30)13-19(31)14-4-2-5-16(12-14)38(35,36)29-17-8-11-37-20(17)21(32)27-18(22(33)34)6-3-9-26-23(24)25/h2,4-5,7-8,10-12,18,29H,3,6,9,13H2,1H3,(H,27,32)(H,33,34)(H4,24,25,26)/t18-/m0/s1. The van der Waals surface area contributed by atoms with Crippen molar-refractivity contribution in [3.63, 3.8) is 0 Å². The molecule has 0 radical (unpaired) electrons. The third-order valence-corrected chi connectivity index (χ3v) is 7.52. The zero-order chi connectivity index (χ0) is 27.9. The number of nitrogens with zero attached hydrogens (tertiary/aromatic N) is 3. The summed E-state index contributed by atoms with van der Waals surface area (Å²) in [5, 5.41) is 17.5. The van der Waals surface area contributed by atoms with Crippen LogP contribution >= 0.6 is 11.3 Å². The summed E-state index contributed by atoms with van der Waals surface area (Å²) in [4.78, 5) is 40.6. The van der Waals surface area contributed by atoms with Crippen molar-refractivity contribution in [2.45, 2.75) is 30.2 Å². The topological polar surface area (TPSA) is 212 Å². The third-order valence-electron chi connectivity index (χ3n) is 5.24. The number of aliphatic carboxylic acids is 1. The van der Waals surface area contributed by atoms with E-state index in [-0.39, 0.29) is 52.2 Å². The van der Waals surface area contributed by atoms with Crippen LogP contribution in [0.4, 0.5) is 5.69 Å². The predicted molar refractivity (Wildman–Crippen MR) is 142 cm³/mol. The number of aromatic nitrogens is 2. The van der Waals surface area contributed by atoms with Gasteiger partial charge in [-0.3, -0.25) is 24.0 Å². The molecule has 15 heteroatoms. The van der Waals surface area contributed by atoms with Gasteiger partial charge in [-0.1, -0.05) is 12.1 Å². The number of rotatable bonds is 13. The lowest BCUT2D eigenvalue weighted by Gasteiger charge is -2.15. The first-order valence-corrected chi connectivity index (χ1v) is 13.6. The zero-order valence-corrected chi connectivity index (χ0v) is 22.0. The van der Waals surface area contributed by atoms with E-state index in [0.29, 0.717) is 12.1 Å². The SMILES string of the molecule is Cn1ccc(CC(=O)c2cccc(S(=O)(=O)Nc3ccsc3C(=O)N[C@@H](CCCN=C(N)N)C(=O)O)c2)n1. The summed E-state index contributed by atoms with van der Waals surface area (Å²) in [6.07, 6.45) is 2.06. The predicted octanol–water partition coefficient (Wildman–Crippen LogP) is 0.944. The molecule has 0 aliphatic rings. The van der Waals surface area contributed by atoms with Crippen LogP contribution in [0.25, 0.3) is 0 Å². The first kappa shape index (κ1) is 28.3. The van der Waals surface area contributed by atoms with Gasteiger partial charge in [0.1, 0.15) is 10.9 Å². The van der Waals surface area contributed by atoms with Crippen LogP contribution in [0, 0.1) is 0 Å². The van der Waals surface area contributed by atoms with Crippen molar-refractivity contribution in [1.29, 1.82) is 0 Å². The molecule has 1 atom stereocenters. The van der Waals surface area contributed by atoms with Gasteiger partial charge in [0.05, 0.1) is 22.7 Å². The Balaban J connectivity index is 1.71. The number of carbonyl (C=O) groups is 3. The van der Waals surface area contributed by atoms with Crippen molar-refractivity contribution in [2.24, 2.45) is 23.5 Å². The summed E-state index contributed by atoms with van der Waals surface area (Å²) in [6, 6.07) is 7.38. The van der Waals surface area contributed by atoms with Crippen LogP contribution in [0.15, 0.2) is 57.9 Å². The van der Waals surface area contributed by atoms with E-state index in [4.69, 9.17) is 11.5 Å². The molecule has 7 N–H and O–H groups in total. The summed E-state index contributed by atoms with van der Waals surface area (Å²) in [5.74, 6) is -2.45. The first-order valence-electron chi connectivity index (χ1n) is 11.3. The number of nitrogens with one attached hydrogen (secondary N) is 2. The summed E-state index contributed by atoms with van der Waals surface area (Å²) in [5.41, 5.74) is 11.2. The van der Waals surface area contributed by atoms with Gasteiger partial charge in [0.2, 0.25) is 0 Å². The van der Waals surface area contributed by atoms with Gasteiger partial charge in [0.15, 0.2) is 11.7 Å². The van der Waals surface area contributed by atoms with E-state index in [1.165, 1.54) is 35.7 Å². The van der Waals surface area contributed by atoms with Crippen LogP contribution < -0.4 is 21.5 Å². The highest BCUT2D eigenvalue weighted by atomic mass is 32.2. The van der Waals surface area contributed by atoms with E-state index in [9.17, 15) is 27.9 Å². The van der Waals surface area contributed by atoms with Gasteiger partial charge in [-0.25, -0.2) is 13.2 Å². The van der Waals surface area contributed by atoms with Gasteiger partial charge in [0, 0.05) is 25.4 Å². The van der Waals surface area contributed by atoms with Gasteiger partial charge in [0.25, 0.3) is 15.9 Å². The Morgan fingerprint density at radius 3 is 2.63 bits per heavy atom. The summed E-state index contributed by atoms with van der Waals surface area (Å²) in [7, 11) is -2.46. The van der Waals surface area contributed by atoms with Crippen LogP contribution in [-0.2, 0) is 28.3 Å². The number of thiophene rings is 1. The van der Waals surface area contributed by atoms with Gasteiger partial charge in [-0.05, 0) is 42.5 Å². The van der Waals surface area contributed by atoms with E-state index < -0.39 is 27.9 Å². The molecular formula is C23H27N7O6S2. The van der Waals surface area contributed by atoms with Crippen molar-refractivity contribution in [2.75, 3.05) is 11.3 Å². The number of ketones is 1. The largest absolute Gasteiger partial charge is 0.480 e. The Morgan fingerprint density at radius 2 is 1.97 bits per heavy atom. The molecule has 3 rings (SSSR count). The molecule has 0 spiro atoms. The fourth-order valence-electron chi connectivity index (χ4n) is 3.41. The Labute approximate surface area is 222 Å². The number of carboxylic acid groups (broad SMARTS) is 1. The lowest BCUT2D eigenvalue weighted by Crippen LogP contribution is -2.40. The molecule has 0 aliphatic heterocycles. The molecule has 2 aromatic heterocycles. The van der Waals surface area contributed by atoms with Gasteiger partial charge >= 0.3 is 5.97 Å². The van der Waals surface area contributed by atoms with Crippen molar-refractivity contribution < 1.29 is 27.9 Å². The number of hydrogen-bond acceptors (Lipinski definition) is 8. The molecule has 13 nitrogen and oxygen atoms in total. The lowest BCUT2D eigenvalue weighted by molar-refractivity contribution is -0.139. The molecule has 0 unspecified atom stereocenters. The fourth-order valence-corrected chi connectivity index (χ4v) is 5.35. The molecule has 2 heterocycles. The number of hydrogen-bond donors (Lipinski definition) is 5. The monoisotopic (exact) mass is 561 g/mol. The smallest absolute Gasteiger partial charge is 0.326 e. The minimum Gasteiger partial charge on any atom is -0.480 e. The highest BCUT2D eigenvalue weighted by Gasteiger charge is 2.25. The normalized spacial score (nSPS) is 11.9. The molecular weight excluding hydrogens is 534 g/mol. The molecule has 1 aromatic carbocycles. The number of aliphatic imine (C=N–C) groups is 1. The Bertz CT molecular complexity index is 1460. The zero-order valence-electron chi connectivity index (χ0n) is 20.3. The number of carbonyl (C=O) groups excluding carboxylic acids is 2. The van der Waals surface area contributed by atoms with E-state index in [1.54, 1.807) is 24.0 Å². The first-order chi connectivity index (χ1) is 18.0. The highest BCUT2D eigenvalue weighted by molar-refractivity contribution is 7.92. The van der Waals surface area contributed by atoms with Crippen LogP contribution in [-0.4, -0.2) is 59.5 Å². The van der Waals surface area contributed by atoms with E-state index in [1.807, 2.05) is 0 Å². The van der Waals surface area contributed by atoms with E-state index >= 15 is 0 Å². The Morgan fingerprint density at radius 1 is 1.21 bits per heavy atom. The number of benzene rings is 1. The summed E-state index contributed by atoms with van der Waals surface area (Å²) in [6.45, 7) is 0.190. The molecule has 0 saturated carbocycles. The fraction of sp³-hybridized carbons (Fsp3) is 0.261. The number of anilines is 1. The molecule has 0 aliphatic carbocycles. The van der Waals surface area contributed by atoms with Crippen LogP contribution in [0.5, 0.6) is 0 Å². The van der Waals surface area contributed by atoms with Crippen molar-refractivity contribution in [3.8, 4) is 0 Å². The summed E-state index contributed by atoms with van der Waals surface area (Å²) >= 11 is 0.941. The molecule has 202 valence electrons. The second kappa shape index (κ2) is 12.3. The van der Waals surface area contributed by atoms with E-state index in [0.717, 1.165) is 11.3 Å². The maximum atomic E-state index is 13.1. The van der Waals surface area contributed by atoms with Crippen molar-refractivity contribution >= 4 is 50.7 Å². The second-order valence-electron chi connectivity index (χ2n) is 8.19. The van der Waals surface area contributed by atoms with Gasteiger partial charge in [-0.15, -0.1) is 11.3 Å². The molecule has 0 fully saturated rings. The van der Waals surface area contributed by atoms with Crippen LogP contribution in [0.3, 0.4) is 0 Å². The van der Waals surface area contributed by atoms with Gasteiger partial charge < -0.3 is 21.9 Å². The molecule has 0 saturated heterocycles. The quantitative estimate of drug-likeness (QED) is 0.0868. The van der Waals surface area contributed by atoms with Crippen molar-refractivity contribution in [3.05, 3.63) is 64.1 Å². The minimum absolute atomic E-state index is 0.00329. The summed E-state index contributed by atoms with van der Waals surface area (Å²) < 4.78 is 30.1. The third kappa shape index (κ3) is 7.63. The average molecular weight is 562 g/mol. The van der Waals surface area contributed by atoms with Gasteiger partial charge in [-0.2, -0.15) is 5.10 Å². The molecule has 0 bridgehead atoms. The van der Waals surface area contributed by atoms with Crippen LogP contribution in [0.2, 0.25) is 0 Å². The lowest BCUT2D eigenvalue weighted by atomic mass is 10.1. The maximum absolute atomic E-state index is 13.1. The number of amides is 1. The highest BCUT2D eigenvalue weighted by Crippen LogP contribution is 2.26. The van der Waals surface area contributed by atoms with Crippen molar-refractivity contribution in [1.82, 2.24) is 15.1 Å². The average Bonchev–Trinajstić information content (AvgIpc) is 3.48. The number of sulfonamides is 1.